The molecule has 17 heavy (non-hydrogen) atoms. The molecule has 2 heterocycles. The fourth-order valence-corrected chi connectivity index (χ4v) is 1.58. The van der Waals surface area contributed by atoms with Crippen LogP contribution in [0.5, 0.6) is 0 Å². The monoisotopic (exact) mass is 232 g/mol. The maximum Gasteiger partial charge on any atom is 0.259 e. The van der Waals surface area contributed by atoms with Crippen LogP contribution in [0.15, 0.2) is 21.8 Å². The molecule has 0 fully saturated rings. The second-order valence-electron chi connectivity index (χ2n) is 4.22. The van der Waals surface area contributed by atoms with Crippen LogP contribution in [0.3, 0.4) is 0 Å². The van der Waals surface area contributed by atoms with E-state index in [1.165, 1.54) is 5.57 Å². The van der Waals surface area contributed by atoms with Crippen molar-refractivity contribution in [2.45, 2.75) is 33.1 Å². The van der Waals surface area contributed by atoms with Crippen LogP contribution in [0.4, 0.5) is 0 Å². The molecule has 2 aliphatic rings. The number of carbonyl (C=O) groups excluding carboxylic acids is 1. The number of nitrogens with one attached hydrogen (secondary N) is 1. The van der Waals surface area contributed by atoms with E-state index in [-0.39, 0.29) is 5.68 Å². The summed E-state index contributed by atoms with van der Waals surface area (Å²) in [6.45, 7) is 4.77. The Bertz CT molecular complexity index is 372. The van der Waals surface area contributed by atoms with Crippen LogP contribution in [-0.2, 0) is 4.79 Å². The largest absolute Gasteiger partial charge is 0.350 e. The van der Waals surface area contributed by atoms with Crippen LogP contribution in [0.25, 0.3) is 0 Å². The van der Waals surface area contributed by atoms with E-state index in [0.717, 1.165) is 30.8 Å². The lowest BCUT2D eigenvalue weighted by Crippen LogP contribution is -2.14. The normalized spacial score (nSPS) is 21.6. The van der Waals surface area contributed by atoms with Crippen LogP contribution < -0.4 is 5.32 Å². The SMILES string of the molecule is CC1=NCCCC(=O)[B]1.CN=C1CC(C)=CN1. The molecule has 1 N–H and O–H groups in total. The van der Waals surface area contributed by atoms with Crippen LogP contribution in [0.2, 0.25) is 0 Å². The molecule has 0 aromatic heterocycles. The quantitative estimate of drug-likeness (QED) is 0.641. The van der Waals surface area contributed by atoms with E-state index in [1.807, 2.05) is 13.1 Å². The number of nitrogens with zero attached hydrogens (tertiary/aromatic N) is 2. The third kappa shape index (κ3) is 5.47. The van der Waals surface area contributed by atoms with Crippen molar-refractivity contribution in [1.82, 2.24) is 5.32 Å². The molecule has 1 radical (unpaired) electrons. The van der Waals surface area contributed by atoms with Gasteiger partial charge in [-0.25, -0.2) is 0 Å². The van der Waals surface area contributed by atoms with E-state index in [2.05, 4.69) is 22.2 Å². The van der Waals surface area contributed by atoms with Gasteiger partial charge in [0, 0.05) is 26.2 Å². The van der Waals surface area contributed by atoms with Crippen LogP contribution in [-0.4, -0.2) is 38.0 Å². The molecule has 0 amide bonds. The van der Waals surface area contributed by atoms with E-state index in [9.17, 15) is 4.79 Å². The average Bonchev–Trinajstić information content (AvgIpc) is 2.62. The Morgan fingerprint density at radius 1 is 1.47 bits per heavy atom. The van der Waals surface area contributed by atoms with Crippen LogP contribution in [0.1, 0.15) is 33.1 Å². The summed E-state index contributed by atoms with van der Waals surface area (Å²) in [5.41, 5.74) is 2.44. The van der Waals surface area contributed by atoms with Gasteiger partial charge in [0.25, 0.3) is 7.28 Å². The van der Waals surface area contributed by atoms with Gasteiger partial charge in [-0.1, -0.05) is 0 Å². The standard InChI is InChI=1S/C6H9BNO.C6H10N2/c1-5-7-6(9)3-2-4-8-5;1-5-3-6(7-2)8-4-5/h2-4H2,1H3;4H,3H2,1-2H3,(H,7,8). The fraction of sp³-hybridized carbons (Fsp3) is 0.583. The average molecular weight is 232 g/mol. The molecule has 4 nitrogen and oxygen atoms in total. The predicted molar refractivity (Wildman–Crippen MR) is 72.8 cm³/mol. The molecule has 2 aliphatic heterocycles. The van der Waals surface area contributed by atoms with E-state index >= 15 is 0 Å². The maximum absolute atomic E-state index is 10.8. The highest BCUT2D eigenvalue weighted by molar-refractivity contribution is 6.97. The summed E-state index contributed by atoms with van der Waals surface area (Å²) in [6, 6.07) is 0. The van der Waals surface area contributed by atoms with Crippen molar-refractivity contribution in [2.24, 2.45) is 9.98 Å². The molecule has 0 atom stereocenters. The van der Waals surface area contributed by atoms with Crippen molar-refractivity contribution in [3.8, 4) is 0 Å². The first-order chi connectivity index (χ1) is 8.11. The molecule has 0 unspecified atom stereocenters. The van der Waals surface area contributed by atoms with Crippen molar-refractivity contribution in [2.75, 3.05) is 13.6 Å². The Morgan fingerprint density at radius 3 is 2.76 bits per heavy atom. The summed E-state index contributed by atoms with van der Waals surface area (Å²) >= 11 is 0. The lowest BCUT2D eigenvalue weighted by atomic mass is 9.68. The summed E-state index contributed by atoms with van der Waals surface area (Å²) in [5.74, 6) is 1.07. The molecule has 0 spiro atoms. The van der Waals surface area contributed by atoms with Crippen molar-refractivity contribution in [3.63, 3.8) is 0 Å². The van der Waals surface area contributed by atoms with Gasteiger partial charge in [0.15, 0.2) is 0 Å². The minimum atomic E-state index is 0.216. The van der Waals surface area contributed by atoms with Gasteiger partial charge in [0.05, 0.1) is 5.68 Å². The summed E-state index contributed by atoms with van der Waals surface area (Å²) in [5, 5.41) is 3.04. The van der Waals surface area contributed by atoms with Crippen LogP contribution in [0, 0.1) is 0 Å². The lowest BCUT2D eigenvalue weighted by Gasteiger charge is -1.90. The van der Waals surface area contributed by atoms with Crippen molar-refractivity contribution in [1.29, 1.82) is 0 Å². The number of carbonyl (C=O) groups is 1. The molecular formula is C12H19BN3O. The number of hydrogen-bond donors (Lipinski definition) is 1. The Morgan fingerprint density at radius 2 is 2.24 bits per heavy atom. The summed E-state index contributed by atoms with van der Waals surface area (Å²) < 4.78 is 0. The molecule has 0 saturated heterocycles. The zero-order chi connectivity index (χ0) is 12.7. The molecule has 0 saturated carbocycles. The van der Waals surface area contributed by atoms with Gasteiger partial charge >= 0.3 is 0 Å². The predicted octanol–water partition coefficient (Wildman–Crippen LogP) is 1.34. The van der Waals surface area contributed by atoms with Gasteiger partial charge in [0.2, 0.25) is 0 Å². The highest BCUT2D eigenvalue weighted by atomic mass is 16.1. The van der Waals surface area contributed by atoms with Gasteiger partial charge in [0.1, 0.15) is 5.84 Å². The Labute approximate surface area is 104 Å². The first kappa shape index (κ1) is 13.7. The summed E-state index contributed by atoms with van der Waals surface area (Å²) in [6.07, 6.45) is 4.56. The number of amidine groups is 1. The van der Waals surface area contributed by atoms with Gasteiger partial charge < -0.3 is 15.1 Å². The molecule has 91 valence electrons. The Hall–Kier alpha value is -1.39. The molecule has 0 aromatic rings. The lowest BCUT2D eigenvalue weighted by molar-refractivity contribution is -0.111. The first-order valence-corrected chi connectivity index (χ1v) is 5.88. The third-order valence-electron chi connectivity index (χ3n) is 2.51. The first-order valence-electron chi connectivity index (χ1n) is 5.88. The van der Waals surface area contributed by atoms with Crippen molar-refractivity contribution < 1.29 is 4.79 Å². The second kappa shape index (κ2) is 7.04. The second-order valence-corrected chi connectivity index (χ2v) is 4.22. The van der Waals surface area contributed by atoms with Gasteiger partial charge in [-0.2, -0.15) is 0 Å². The minimum absolute atomic E-state index is 0.216. The highest BCUT2D eigenvalue weighted by Crippen LogP contribution is 2.04. The molecule has 0 aromatic carbocycles. The van der Waals surface area contributed by atoms with E-state index < -0.39 is 0 Å². The molecule has 0 bridgehead atoms. The smallest absolute Gasteiger partial charge is 0.259 e. The summed E-state index contributed by atoms with van der Waals surface area (Å²) in [4.78, 5) is 18.9. The number of aliphatic imine (C=N–C) groups is 2. The van der Waals surface area contributed by atoms with Gasteiger partial charge in [-0.05, 0) is 37.9 Å². The van der Waals surface area contributed by atoms with Gasteiger partial charge in [-0.3, -0.25) is 4.99 Å². The molecule has 0 aliphatic carbocycles. The van der Waals surface area contributed by atoms with E-state index in [0.29, 0.717) is 6.42 Å². The maximum atomic E-state index is 10.8. The molecular weight excluding hydrogens is 213 g/mol. The zero-order valence-corrected chi connectivity index (χ0v) is 10.8. The molecule has 5 heteroatoms. The topological polar surface area (TPSA) is 53.8 Å². The zero-order valence-electron chi connectivity index (χ0n) is 10.8. The Kier molecular flexibility index (Phi) is 5.67. The third-order valence-corrected chi connectivity index (χ3v) is 2.51. The van der Waals surface area contributed by atoms with Gasteiger partial charge in [-0.15, -0.1) is 0 Å². The Balaban J connectivity index is 0.000000171. The highest BCUT2D eigenvalue weighted by Gasteiger charge is 2.08. The number of hydrogen-bond acceptors (Lipinski definition) is 3. The minimum Gasteiger partial charge on any atom is -0.350 e. The van der Waals surface area contributed by atoms with Crippen LogP contribution >= 0.6 is 0 Å². The number of rotatable bonds is 0. The van der Waals surface area contributed by atoms with Crippen molar-refractivity contribution >= 4 is 24.4 Å². The summed E-state index contributed by atoms with van der Waals surface area (Å²) in [7, 11) is 3.42. The van der Waals surface area contributed by atoms with E-state index in [1.54, 1.807) is 14.3 Å². The van der Waals surface area contributed by atoms with Crippen molar-refractivity contribution in [3.05, 3.63) is 11.8 Å². The molecule has 2 rings (SSSR count). The van der Waals surface area contributed by atoms with E-state index in [4.69, 9.17) is 0 Å². The fourth-order valence-electron chi connectivity index (χ4n) is 1.58.